The van der Waals surface area contributed by atoms with Gasteiger partial charge in [0.2, 0.25) is 0 Å². The number of hydrogen-bond donors (Lipinski definition) is 1. The lowest BCUT2D eigenvalue weighted by atomic mass is 10.1. The Morgan fingerprint density at radius 3 is 3.00 bits per heavy atom. The molecule has 0 aromatic heterocycles. The summed E-state index contributed by atoms with van der Waals surface area (Å²) in [5.74, 6) is 1.67. The number of hydrogen-bond acceptors (Lipinski definition) is 3. The summed E-state index contributed by atoms with van der Waals surface area (Å²) >= 11 is 9.59. The molecule has 0 bridgehead atoms. The number of nitrogens with one attached hydrogen (secondary N) is 1. The number of ether oxygens (including phenoxy) is 2. The number of benzene rings is 2. The maximum atomic E-state index is 6.03. The van der Waals surface area contributed by atoms with Gasteiger partial charge in [-0.25, -0.2) is 0 Å². The van der Waals surface area contributed by atoms with Crippen LogP contribution in [0.1, 0.15) is 11.1 Å². The van der Waals surface area contributed by atoms with E-state index in [0.29, 0.717) is 17.3 Å². The Hall–Kier alpha value is -1.39. The van der Waals surface area contributed by atoms with E-state index >= 15 is 0 Å². The first kappa shape index (κ1) is 14.5. The van der Waals surface area contributed by atoms with Crippen LogP contribution in [0.2, 0.25) is 5.02 Å². The molecule has 0 radical (unpaired) electrons. The molecule has 0 amide bonds. The lowest BCUT2D eigenvalue weighted by Crippen LogP contribution is -2.02. The number of methoxy groups -OCH3 is 1. The Morgan fingerprint density at radius 2 is 2.19 bits per heavy atom. The fourth-order valence-corrected chi connectivity index (χ4v) is 3.19. The third-order valence-corrected chi connectivity index (χ3v) is 4.23. The monoisotopic (exact) mass is 367 g/mol. The highest BCUT2D eigenvalue weighted by Gasteiger charge is 2.17. The molecule has 1 aliphatic rings. The SMILES string of the molecule is COc1cc(NCc2cc(Br)cc3c2OCC3)ccc1Cl. The van der Waals surface area contributed by atoms with E-state index < -0.39 is 0 Å². The highest BCUT2D eigenvalue weighted by molar-refractivity contribution is 9.10. The van der Waals surface area contributed by atoms with Crippen molar-refractivity contribution in [3.8, 4) is 11.5 Å². The van der Waals surface area contributed by atoms with E-state index in [2.05, 4.69) is 33.4 Å². The van der Waals surface area contributed by atoms with Crippen LogP contribution in [0.5, 0.6) is 11.5 Å². The number of halogens is 2. The van der Waals surface area contributed by atoms with Gasteiger partial charge in [0, 0.05) is 34.8 Å². The van der Waals surface area contributed by atoms with Crippen molar-refractivity contribution in [2.75, 3.05) is 19.0 Å². The van der Waals surface area contributed by atoms with Crippen LogP contribution >= 0.6 is 27.5 Å². The molecule has 0 saturated heterocycles. The summed E-state index contributed by atoms with van der Waals surface area (Å²) < 4.78 is 12.0. The molecule has 0 aliphatic carbocycles. The first-order chi connectivity index (χ1) is 10.2. The van der Waals surface area contributed by atoms with E-state index in [4.69, 9.17) is 21.1 Å². The standard InChI is InChI=1S/C16H15BrClNO2/c1-20-15-8-13(2-3-14(15)18)19-9-11-7-12(17)6-10-4-5-21-16(10)11/h2-3,6-8,19H,4-5,9H2,1H3. The van der Waals surface area contributed by atoms with Gasteiger partial charge in [-0.2, -0.15) is 0 Å². The van der Waals surface area contributed by atoms with Crippen molar-refractivity contribution in [1.29, 1.82) is 0 Å². The zero-order valence-electron chi connectivity index (χ0n) is 11.6. The van der Waals surface area contributed by atoms with Crippen LogP contribution in [0.3, 0.4) is 0 Å². The maximum absolute atomic E-state index is 6.03. The molecule has 1 N–H and O–H groups in total. The van der Waals surface area contributed by atoms with Crippen LogP contribution in [0, 0.1) is 0 Å². The molecular formula is C16H15BrClNO2. The Balaban J connectivity index is 1.79. The predicted octanol–water partition coefficient (Wildman–Crippen LogP) is 4.66. The van der Waals surface area contributed by atoms with E-state index in [1.165, 1.54) is 5.56 Å². The molecule has 0 unspecified atom stereocenters. The summed E-state index contributed by atoms with van der Waals surface area (Å²) in [6, 6.07) is 9.86. The molecular weight excluding hydrogens is 354 g/mol. The minimum Gasteiger partial charge on any atom is -0.495 e. The lowest BCUT2D eigenvalue weighted by Gasteiger charge is -2.12. The second-order valence-corrected chi connectivity index (χ2v) is 6.18. The van der Waals surface area contributed by atoms with Gasteiger partial charge in [-0.3, -0.25) is 0 Å². The number of rotatable bonds is 4. The summed E-state index contributed by atoms with van der Waals surface area (Å²) in [4.78, 5) is 0. The van der Waals surface area contributed by atoms with Gasteiger partial charge in [0.05, 0.1) is 18.7 Å². The molecule has 2 aromatic rings. The summed E-state index contributed by atoms with van der Waals surface area (Å²) in [5, 5.41) is 3.99. The van der Waals surface area contributed by atoms with Gasteiger partial charge in [0.1, 0.15) is 11.5 Å². The van der Waals surface area contributed by atoms with Gasteiger partial charge in [-0.1, -0.05) is 27.5 Å². The smallest absolute Gasteiger partial charge is 0.139 e. The Kier molecular flexibility index (Phi) is 4.27. The predicted molar refractivity (Wildman–Crippen MR) is 88.7 cm³/mol. The fraction of sp³-hybridized carbons (Fsp3) is 0.250. The normalized spacial score (nSPS) is 12.7. The Bertz CT molecular complexity index is 676. The van der Waals surface area contributed by atoms with Crippen LogP contribution in [0.15, 0.2) is 34.8 Å². The molecule has 0 atom stereocenters. The summed E-state index contributed by atoms with van der Waals surface area (Å²) in [6.07, 6.45) is 0.969. The average molecular weight is 369 g/mol. The van der Waals surface area contributed by atoms with Crippen LogP contribution < -0.4 is 14.8 Å². The van der Waals surface area contributed by atoms with Crippen LogP contribution in [-0.2, 0) is 13.0 Å². The molecule has 3 rings (SSSR count). The first-order valence-electron chi connectivity index (χ1n) is 6.69. The molecule has 0 saturated carbocycles. The van der Waals surface area contributed by atoms with E-state index in [0.717, 1.165) is 34.5 Å². The van der Waals surface area contributed by atoms with Crippen molar-refractivity contribution >= 4 is 33.2 Å². The largest absolute Gasteiger partial charge is 0.495 e. The molecule has 2 aromatic carbocycles. The van der Waals surface area contributed by atoms with Crippen molar-refractivity contribution in [3.63, 3.8) is 0 Å². The number of fused-ring (bicyclic) bond motifs is 1. The molecule has 1 heterocycles. The van der Waals surface area contributed by atoms with Gasteiger partial charge in [-0.15, -0.1) is 0 Å². The molecule has 110 valence electrons. The van der Waals surface area contributed by atoms with Crippen molar-refractivity contribution in [3.05, 3.63) is 51.0 Å². The first-order valence-corrected chi connectivity index (χ1v) is 7.86. The van der Waals surface area contributed by atoms with Crippen LogP contribution in [-0.4, -0.2) is 13.7 Å². The maximum Gasteiger partial charge on any atom is 0.139 e. The lowest BCUT2D eigenvalue weighted by molar-refractivity contribution is 0.354. The van der Waals surface area contributed by atoms with Gasteiger partial charge < -0.3 is 14.8 Å². The highest BCUT2D eigenvalue weighted by Crippen LogP contribution is 2.34. The molecule has 21 heavy (non-hydrogen) atoms. The van der Waals surface area contributed by atoms with Crippen molar-refractivity contribution in [1.82, 2.24) is 0 Å². The van der Waals surface area contributed by atoms with Gasteiger partial charge in [-0.05, 0) is 29.8 Å². The Morgan fingerprint density at radius 1 is 1.33 bits per heavy atom. The molecule has 5 heteroatoms. The zero-order chi connectivity index (χ0) is 14.8. The van der Waals surface area contributed by atoms with Gasteiger partial charge in [0.15, 0.2) is 0 Å². The minimum absolute atomic E-state index is 0.606. The van der Waals surface area contributed by atoms with Gasteiger partial charge >= 0.3 is 0 Å². The summed E-state index contributed by atoms with van der Waals surface area (Å²) in [5.41, 5.74) is 3.36. The Labute approximate surface area is 137 Å². The van der Waals surface area contributed by atoms with Crippen LogP contribution in [0.4, 0.5) is 5.69 Å². The second-order valence-electron chi connectivity index (χ2n) is 4.85. The number of anilines is 1. The van der Waals surface area contributed by atoms with Crippen molar-refractivity contribution < 1.29 is 9.47 Å². The highest BCUT2D eigenvalue weighted by atomic mass is 79.9. The minimum atomic E-state index is 0.606. The average Bonchev–Trinajstić information content (AvgIpc) is 2.94. The van der Waals surface area contributed by atoms with E-state index in [1.54, 1.807) is 7.11 Å². The third-order valence-electron chi connectivity index (χ3n) is 3.46. The molecule has 3 nitrogen and oxygen atoms in total. The molecule has 1 aliphatic heterocycles. The zero-order valence-corrected chi connectivity index (χ0v) is 13.9. The topological polar surface area (TPSA) is 30.5 Å². The fourth-order valence-electron chi connectivity index (χ4n) is 2.44. The molecule has 0 spiro atoms. The van der Waals surface area contributed by atoms with Gasteiger partial charge in [0.25, 0.3) is 0 Å². The van der Waals surface area contributed by atoms with Crippen molar-refractivity contribution in [2.24, 2.45) is 0 Å². The summed E-state index contributed by atoms with van der Waals surface area (Å²) in [7, 11) is 1.61. The third kappa shape index (κ3) is 3.11. The molecule has 0 fully saturated rings. The quantitative estimate of drug-likeness (QED) is 0.851. The summed E-state index contributed by atoms with van der Waals surface area (Å²) in [6.45, 7) is 1.44. The van der Waals surface area contributed by atoms with E-state index in [1.807, 2.05) is 18.2 Å². The van der Waals surface area contributed by atoms with Crippen LogP contribution in [0.25, 0.3) is 0 Å². The second kappa shape index (κ2) is 6.16. The van der Waals surface area contributed by atoms with Crippen molar-refractivity contribution in [2.45, 2.75) is 13.0 Å². The van der Waals surface area contributed by atoms with E-state index in [-0.39, 0.29) is 0 Å². The van der Waals surface area contributed by atoms with E-state index in [9.17, 15) is 0 Å².